The number of hydrogen-bond acceptors (Lipinski definition) is 4. The van der Waals surface area contributed by atoms with Crippen LogP contribution in [0.1, 0.15) is 34.6 Å². The monoisotopic (exact) mass is 324 g/mol. The molecule has 6 nitrogen and oxygen atoms in total. The molecular formula is C18H16N2O4. The number of nitro benzene ring substituents is 1. The van der Waals surface area contributed by atoms with E-state index >= 15 is 0 Å². The predicted octanol–water partition coefficient (Wildman–Crippen LogP) is 4.14. The third-order valence-corrected chi connectivity index (χ3v) is 3.88. The van der Waals surface area contributed by atoms with Crippen molar-refractivity contribution in [3.8, 4) is 0 Å². The largest absolute Gasteiger partial charge is 0.459 e. The Morgan fingerprint density at radius 2 is 1.96 bits per heavy atom. The number of aryl methyl sites for hydroxylation is 1. The standard InChI is InChI=1S/C18H16N2O4/c1-11-6-5-8-14(17(11)20(22)23)18(21)19-12(2)16-10-13-7-3-4-9-15(13)24-16/h3-10,12H,1-2H3,(H,19,21). The lowest BCUT2D eigenvalue weighted by Gasteiger charge is -2.12. The highest BCUT2D eigenvalue weighted by Gasteiger charge is 2.24. The smallest absolute Gasteiger partial charge is 0.285 e. The van der Waals surface area contributed by atoms with Crippen LogP contribution < -0.4 is 5.32 Å². The number of para-hydroxylation sites is 2. The molecule has 6 heteroatoms. The van der Waals surface area contributed by atoms with E-state index in [1.165, 1.54) is 6.07 Å². The Morgan fingerprint density at radius 3 is 2.67 bits per heavy atom. The summed E-state index contributed by atoms with van der Waals surface area (Å²) in [6.07, 6.45) is 0. The maximum atomic E-state index is 12.5. The number of amides is 1. The van der Waals surface area contributed by atoms with Crippen molar-refractivity contribution in [1.29, 1.82) is 0 Å². The van der Waals surface area contributed by atoms with E-state index in [1.807, 2.05) is 30.3 Å². The summed E-state index contributed by atoms with van der Waals surface area (Å²) in [5, 5.41) is 14.9. The third-order valence-electron chi connectivity index (χ3n) is 3.88. The summed E-state index contributed by atoms with van der Waals surface area (Å²) in [4.78, 5) is 23.2. The van der Waals surface area contributed by atoms with Crippen LogP contribution in [0.15, 0.2) is 52.9 Å². The molecule has 1 aromatic heterocycles. The van der Waals surface area contributed by atoms with E-state index in [-0.39, 0.29) is 11.3 Å². The van der Waals surface area contributed by atoms with Crippen molar-refractivity contribution in [2.24, 2.45) is 0 Å². The number of nitro groups is 1. The average Bonchev–Trinajstić information content (AvgIpc) is 2.98. The van der Waals surface area contributed by atoms with E-state index in [0.29, 0.717) is 11.3 Å². The molecule has 1 N–H and O–H groups in total. The molecule has 0 saturated heterocycles. The summed E-state index contributed by atoms with van der Waals surface area (Å²) in [6, 6.07) is 13.7. The molecule has 2 aromatic carbocycles. The Labute approximate surface area is 138 Å². The van der Waals surface area contributed by atoms with Gasteiger partial charge in [-0.25, -0.2) is 0 Å². The highest BCUT2D eigenvalue weighted by atomic mass is 16.6. The maximum absolute atomic E-state index is 12.5. The van der Waals surface area contributed by atoms with Gasteiger partial charge in [0.05, 0.1) is 11.0 Å². The van der Waals surface area contributed by atoms with Gasteiger partial charge in [-0.15, -0.1) is 0 Å². The number of furan rings is 1. The zero-order valence-electron chi connectivity index (χ0n) is 13.3. The minimum Gasteiger partial charge on any atom is -0.459 e. The van der Waals surface area contributed by atoms with E-state index in [1.54, 1.807) is 26.0 Å². The van der Waals surface area contributed by atoms with Crippen LogP contribution in [0, 0.1) is 17.0 Å². The highest BCUT2D eigenvalue weighted by molar-refractivity contribution is 5.98. The van der Waals surface area contributed by atoms with Gasteiger partial charge in [0, 0.05) is 10.9 Å². The summed E-state index contributed by atoms with van der Waals surface area (Å²) in [5.74, 6) is 0.0956. The average molecular weight is 324 g/mol. The number of hydrogen-bond donors (Lipinski definition) is 1. The van der Waals surface area contributed by atoms with Crippen LogP contribution in [0.5, 0.6) is 0 Å². The SMILES string of the molecule is Cc1cccc(C(=O)NC(C)c2cc3ccccc3o2)c1[N+](=O)[O-]. The predicted molar refractivity (Wildman–Crippen MR) is 89.9 cm³/mol. The summed E-state index contributed by atoms with van der Waals surface area (Å²) >= 11 is 0. The molecule has 0 aliphatic rings. The van der Waals surface area contributed by atoms with Crippen LogP contribution in [0.4, 0.5) is 5.69 Å². The molecule has 0 spiro atoms. The summed E-state index contributed by atoms with van der Waals surface area (Å²) in [5.41, 5.74) is 1.05. The molecule has 1 unspecified atom stereocenters. The van der Waals surface area contributed by atoms with Crippen LogP contribution in [-0.2, 0) is 0 Å². The molecule has 0 radical (unpaired) electrons. The first-order chi connectivity index (χ1) is 11.5. The highest BCUT2D eigenvalue weighted by Crippen LogP contribution is 2.26. The van der Waals surface area contributed by atoms with Crippen molar-refractivity contribution in [1.82, 2.24) is 5.32 Å². The first-order valence-corrected chi connectivity index (χ1v) is 7.50. The van der Waals surface area contributed by atoms with Crippen molar-refractivity contribution < 1.29 is 14.1 Å². The normalized spacial score (nSPS) is 12.1. The van der Waals surface area contributed by atoms with E-state index < -0.39 is 16.9 Å². The number of benzene rings is 2. The Balaban J connectivity index is 1.87. The zero-order chi connectivity index (χ0) is 17.3. The van der Waals surface area contributed by atoms with Crippen LogP contribution in [0.2, 0.25) is 0 Å². The van der Waals surface area contributed by atoms with Gasteiger partial charge in [-0.1, -0.05) is 30.3 Å². The van der Waals surface area contributed by atoms with E-state index in [2.05, 4.69) is 5.32 Å². The quantitative estimate of drug-likeness (QED) is 0.577. The van der Waals surface area contributed by atoms with Crippen molar-refractivity contribution in [3.63, 3.8) is 0 Å². The second-order valence-electron chi connectivity index (χ2n) is 5.61. The molecule has 3 aromatic rings. The lowest BCUT2D eigenvalue weighted by molar-refractivity contribution is -0.385. The number of nitrogens with one attached hydrogen (secondary N) is 1. The first kappa shape index (κ1) is 15.7. The van der Waals surface area contributed by atoms with Gasteiger partial charge < -0.3 is 9.73 Å². The lowest BCUT2D eigenvalue weighted by Crippen LogP contribution is -2.27. The molecule has 24 heavy (non-hydrogen) atoms. The minimum atomic E-state index is -0.532. The fourth-order valence-electron chi connectivity index (χ4n) is 2.65. The van der Waals surface area contributed by atoms with Crippen LogP contribution in [0.25, 0.3) is 11.0 Å². The Bertz CT molecular complexity index is 897. The van der Waals surface area contributed by atoms with Crippen molar-refractivity contribution >= 4 is 22.6 Å². The number of fused-ring (bicyclic) bond motifs is 1. The Kier molecular flexibility index (Phi) is 4.04. The van der Waals surface area contributed by atoms with Crippen molar-refractivity contribution in [2.45, 2.75) is 19.9 Å². The van der Waals surface area contributed by atoms with Gasteiger partial charge >= 0.3 is 0 Å². The fourth-order valence-corrected chi connectivity index (χ4v) is 2.65. The van der Waals surface area contributed by atoms with E-state index in [0.717, 1.165) is 11.0 Å². The third kappa shape index (κ3) is 2.86. The van der Waals surface area contributed by atoms with Crippen LogP contribution in [0.3, 0.4) is 0 Å². The minimum absolute atomic E-state index is 0.0444. The molecule has 1 heterocycles. The van der Waals surface area contributed by atoms with Gasteiger partial charge in [0.1, 0.15) is 16.9 Å². The number of nitrogens with zero attached hydrogens (tertiary/aromatic N) is 1. The summed E-state index contributed by atoms with van der Waals surface area (Å²) in [6.45, 7) is 3.38. The second kappa shape index (κ2) is 6.16. The van der Waals surface area contributed by atoms with Crippen molar-refractivity contribution in [3.05, 3.63) is 75.5 Å². The molecule has 0 bridgehead atoms. The van der Waals surface area contributed by atoms with E-state index in [9.17, 15) is 14.9 Å². The molecule has 0 aliphatic carbocycles. The molecule has 0 aliphatic heterocycles. The fraction of sp³-hybridized carbons (Fsp3) is 0.167. The van der Waals surface area contributed by atoms with E-state index in [4.69, 9.17) is 4.42 Å². The molecule has 0 fully saturated rings. The zero-order valence-corrected chi connectivity index (χ0v) is 13.3. The lowest BCUT2D eigenvalue weighted by atomic mass is 10.1. The van der Waals surface area contributed by atoms with Gasteiger partial charge in [-0.2, -0.15) is 0 Å². The molecule has 122 valence electrons. The molecule has 1 atom stereocenters. The van der Waals surface area contributed by atoms with Gasteiger partial charge in [0.15, 0.2) is 0 Å². The Morgan fingerprint density at radius 1 is 1.21 bits per heavy atom. The molecule has 0 saturated carbocycles. The number of carbonyl (C=O) groups excluding carboxylic acids is 1. The van der Waals surface area contributed by atoms with Crippen LogP contribution >= 0.6 is 0 Å². The van der Waals surface area contributed by atoms with Gasteiger partial charge in [-0.05, 0) is 32.0 Å². The first-order valence-electron chi connectivity index (χ1n) is 7.50. The number of rotatable bonds is 4. The number of carbonyl (C=O) groups is 1. The molecular weight excluding hydrogens is 308 g/mol. The molecule has 3 rings (SSSR count). The summed E-state index contributed by atoms with van der Waals surface area (Å²) in [7, 11) is 0. The van der Waals surface area contributed by atoms with Gasteiger partial charge in [-0.3, -0.25) is 14.9 Å². The second-order valence-corrected chi connectivity index (χ2v) is 5.61. The molecule has 1 amide bonds. The summed E-state index contributed by atoms with van der Waals surface area (Å²) < 4.78 is 5.72. The Hall–Kier alpha value is -3.15. The van der Waals surface area contributed by atoms with Crippen LogP contribution in [-0.4, -0.2) is 10.8 Å². The van der Waals surface area contributed by atoms with Gasteiger partial charge in [0.25, 0.3) is 11.6 Å². The maximum Gasteiger partial charge on any atom is 0.285 e. The topological polar surface area (TPSA) is 85.4 Å². The van der Waals surface area contributed by atoms with Crippen molar-refractivity contribution in [2.75, 3.05) is 0 Å². The van der Waals surface area contributed by atoms with Gasteiger partial charge in [0.2, 0.25) is 0 Å².